The van der Waals surface area contributed by atoms with Crippen LogP contribution < -0.4 is 9.04 Å². The highest BCUT2D eigenvalue weighted by atomic mass is 32.2. The maximum Gasteiger partial charge on any atom is 0.124 e. The number of benzene rings is 2. The van der Waals surface area contributed by atoms with E-state index in [9.17, 15) is 5.11 Å². The molecule has 166 valence electrons. The average molecular weight is 440 g/mol. The first kappa shape index (κ1) is 21.2. The molecule has 3 aliphatic rings. The maximum atomic E-state index is 9.96. The third-order valence-corrected chi connectivity index (χ3v) is 8.06. The van der Waals surface area contributed by atoms with Crippen LogP contribution in [0.3, 0.4) is 0 Å². The summed E-state index contributed by atoms with van der Waals surface area (Å²) in [6, 6.07) is 13.8. The second-order valence-corrected chi connectivity index (χ2v) is 10.3. The molecule has 0 radical (unpaired) electrons. The molecule has 4 nitrogen and oxygen atoms in total. The van der Waals surface area contributed by atoms with Crippen LogP contribution >= 0.6 is 11.9 Å². The Kier molecular flexibility index (Phi) is 6.44. The van der Waals surface area contributed by atoms with E-state index < -0.39 is 0 Å². The Labute approximate surface area is 190 Å². The van der Waals surface area contributed by atoms with Gasteiger partial charge in [-0.25, -0.2) is 0 Å². The van der Waals surface area contributed by atoms with E-state index in [1.54, 1.807) is 11.9 Å². The SMILES string of the molecule is CC1CCc2cc(C3CC3)ccc2N1Sc1ccc(OCC2CCOCC2)c(CO)c1. The van der Waals surface area contributed by atoms with E-state index in [2.05, 4.69) is 41.6 Å². The molecule has 0 bridgehead atoms. The van der Waals surface area contributed by atoms with Gasteiger partial charge >= 0.3 is 0 Å². The van der Waals surface area contributed by atoms with Gasteiger partial charge in [0, 0.05) is 29.7 Å². The Bertz CT molecular complexity index is 908. The standard InChI is InChI=1S/C26H33NO3S/c1-18-2-3-22-14-21(20-4-5-20)6-8-25(22)27(18)31-24-7-9-26(23(15-24)16-28)30-17-19-10-12-29-13-11-19/h6-9,14-15,18-20,28H,2-5,10-13,16-17H2,1H3. The van der Waals surface area contributed by atoms with Crippen LogP contribution in [0.25, 0.3) is 0 Å². The minimum atomic E-state index is -0.00556. The molecule has 5 heteroatoms. The fourth-order valence-corrected chi connectivity index (χ4v) is 5.77. The van der Waals surface area contributed by atoms with E-state index >= 15 is 0 Å². The minimum Gasteiger partial charge on any atom is -0.493 e. The number of aliphatic hydroxyl groups is 1. The summed E-state index contributed by atoms with van der Waals surface area (Å²) in [6.07, 6.45) is 7.14. The first-order valence-corrected chi connectivity index (χ1v) is 12.5. The lowest BCUT2D eigenvalue weighted by Gasteiger charge is -2.36. The second kappa shape index (κ2) is 9.43. The van der Waals surface area contributed by atoms with E-state index in [1.807, 2.05) is 6.07 Å². The van der Waals surface area contributed by atoms with Crippen LogP contribution in [0, 0.1) is 5.92 Å². The largest absolute Gasteiger partial charge is 0.493 e. The van der Waals surface area contributed by atoms with Crippen LogP contribution in [-0.4, -0.2) is 31.0 Å². The lowest BCUT2D eigenvalue weighted by molar-refractivity contribution is 0.0494. The van der Waals surface area contributed by atoms with Crippen molar-refractivity contribution in [2.24, 2.45) is 5.92 Å². The predicted molar refractivity (Wildman–Crippen MR) is 126 cm³/mol. The highest BCUT2D eigenvalue weighted by molar-refractivity contribution is 8.00. The Morgan fingerprint density at radius 3 is 2.68 bits per heavy atom. The molecule has 1 saturated carbocycles. The molecule has 0 amide bonds. The van der Waals surface area contributed by atoms with E-state index in [0.29, 0.717) is 18.6 Å². The van der Waals surface area contributed by atoms with Gasteiger partial charge in [-0.15, -0.1) is 0 Å². The zero-order valence-corrected chi connectivity index (χ0v) is 19.2. The Morgan fingerprint density at radius 2 is 1.90 bits per heavy atom. The van der Waals surface area contributed by atoms with Gasteiger partial charge in [-0.2, -0.15) is 0 Å². The molecule has 1 unspecified atom stereocenters. The molecular weight excluding hydrogens is 406 g/mol. The summed E-state index contributed by atoms with van der Waals surface area (Å²) in [5.41, 5.74) is 5.21. The van der Waals surface area contributed by atoms with E-state index in [4.69, 9.17) is 9.47 Å². The molecule has 2 heterocycles. The summed E-state index contributed by atoms with van der Waals surface area (Å²) >= 11 is 1.78. The zero-order valence-electron chi connectivity index (χ0n) is 18.4. The Balaban J connectivity index is 1.30. The number of hydrogen-bond acceptors (Lipinski definition) is 5. The number of ether oxygens (including phenoxy) is 2. The molecule has 1 atom stereocenters. The molecule has 5 rings (SSSR count). The predicted octanol–water partition coefficient (Wildman–Crippen LogP) is 5.71. The van der Waals surface area contributed by atoms with Crippen molar-refractivity contribution in [1.29, 1.82) is 0 Å². The van der Waals surface area contributed by atoms with Gasteiger partial charge in [0.15, 0.2) is 0 Å². The molecule has 2 fully saturated rings. The molecule has 2 aromatic rings. The number of hydrogen-bond donors (Lipinski definition) is 1. The lowest BCUT2D eigenvalue weighted by atomic mass is 9.96. The van der Waals surface area contributed by atoms with Crippen molar-refractivity contribution in [3.8, 4) is 5.75 Å². The molecular formula is C26H33NO3S. The monoisotopic (exact) mass is 439 g/mol. The van der Waals surface area contributed by atoms with Crippen molar-refractivity contribution in [2.75, 3.05) is 24.1 Å². The van der Waals surface area contributed by atoms with Crippen molar-refractivity contribution in [2.45, 2.75) is 68.9 Å². The fraction of sp³-hybridized carbons (Fsp3) is 0.538. The molecule has 2 aliphatic heterocycles. The molecule has 1 N–H and O–H groups in total. The quantitative estimate of drug-likeness (QED) is 0.560. The number of fused-ring (bicyclic) bond motifs is 1. The zero-order chi connectivity index (χ0) is 21.2. The van der Waals surface area contributed by atoms with Crippen molar-refractivity contribution < 1.29 is 14.6 Å². The minimum absolute atomic E-state index is 0.00556. The van der Waals surface area contributed by atoms with Crippen LogP contribution in [-0.2, 0) is 17.8 Å². The van der Waals surface area contributed by atoms with E-state index in [0.717, 1.165) is 54.6 Å². The maximum absolute atomic E-state index is 9.96. The van der Waals surface area contributed by atoms with Crippen LogP contribution in [0.2, 0.25) is 0 Å². The molecule has 31 heavy (non-hydrogen) atoms. The van der Waals surface area contributed by atoms with Crippen LogP contribution in [0.5, 0.6) is 5.75 Å². The highest BCUT2D eigenvalue weighted by Gasteiger charge is 2.28. The Morgan fingerprint density at radius 1 is 1.06 bits per heavy atom. The molecule has 1 saturated heterocycles. The average Bonchev–Trinajstić information content (AvgIpc) is 3.66. The summed E-state index contributed by atoms with van der Waals surface area (Å²) in [5.74, 6) is 2.15. The lowest BCUT2D eigenvalue weighted by Crippen LogP contribution is -2.31. The Hall–Kier alpha value is -1.69. The van der Waals surface area contributed by atoms with Crippen molar-refractivity contribution in [3.63, 3.8) is 0 Å². The van der Waals surface area contributed by atoms with Gasteiger partial charge in [-0.3, -0.25) is 0 Å². The van der Waals surface area contributed by atoms with Gasteiger partial charge in [0.2, 0.25) is 0 Å². The second-order valence-electron chi connectivity index (χ2n) is 9.26. The molecule has 0 spiro atoms. The van der Waals surface area contributed by atoms with Crippen molar-refractivity contribution >= 4 is 17.6 Å². The number of anilines is 1. The summed E-state index contributed by atoms with van der Waals surface area (Å²) in [4.78, 5) is 1.15. The number of nitrogens with zero attached hydrogens (tertiary/aromatic N) is 1. The van der Waals surface area contributed by atoms with E-state index in [-0.39, 0.29) is 6.61 Å². The van der Waals surface area contributed by atoms with Gasteiger partial charge in [-0.1, -0.05) is 12.1 Å². The van der Waals surface area contributed by atoms with Crippen LogP contribution in [0.1, 0.15) is 61.6 Å². The number of aryl methyl sites for hydroxylation is 1. The summed E-state index contributed by atoms with van der Waals surface area (Å²) < 4.78 is 14.0. The summed E-state index contributed by atoms with van der Waals surface area (Å²) in [7, 11) is 0. The van der Waals surface area contributed by atoms with E-state index in [1.165, 1.54) is 36.1 Å². The fourth-order valence-electron chi connectivity index (χ4n) is 4.66. The third kappa shape index (κ3) is 4.89. The van der Waals surface area contributed by atoms with Gasteiger partial charge in [0.1, 0.15) is 5.75 Å². The van der Waals surface area contributed by atoms with Crippen LogP contribution in [0.4, 0.5) is 5.69 Å². The van der Waals surface area contributed by atoms with Gasteiger partial charge in [-0.05, 0) is 105 Å². The smallest absolute Gasteiger partial charge is 0.124 e. The van der Waals surface area contributed by atoms with Gasteiger partial charge < -0.3 is 18.9 Å². The van der Waals surface area contributed by atoms with Gasteiger partial charge in [0.05, 0.1) is 18.9 Å². The molecule has 2 aromatic carbocycles. The highest BCUT2D eigenvalue weighted by Crippen LogP contribution is 2.44. The van der Waals surface area contributed by atoms with Crippen molar-refractivity contribution in [1.82, 2.24) is 0 Å². The topological polar surface area (TPSA) is 41.9 Å². The summed E-state index contributed by atoms with van der Waals surface area (Å²) in [6.45, 7) is 4.66. The number of rotatable bonds is 7. The molecule has 0 aromatic heterocycles. The first-order valence-electron chi connectivity index (χ1n) is 11.8. The van der Waals surface area contributed by atoms with Crippen LogP contribution in [0.15, 0.2) is 41.3 Å². The van der Waals surface area contributed by atoms with Gasteiger partial charge in [0.25, 0.3) is 0 Å². The summed E-state index contributed by atoms with van der Waals surface area (Å²) in [5, 5.41) is 9.96. The number of aliphatic hydroxyl groups excluding tert-OH is 1. The molecule has 1 aliphatic carbocycles. The first-order chi connectivity index (χ1) is 15.2. The normalized spacial score (nSPS) is 21.7. The van der Waals surface area contributed by atoms with Crippen molar-refractivity contribution in [3.05, 3.63) is 53.1 Å². The third-order valence-electron chi connectivity index (χ3n) is 6.84.